The molecule has 2 heteroatoms. The highest BCUT2D eigenvalue weighted by molar-refractivity contribution is 5.71. The lowest BCUT2D eigenvalue weighted by atomic mass is 9.71. The van der Waals surface area contributed by atoms with Crippen molar-refractivity contribution >= 4 is 5.97 Å². The van der Waals surface area contributed by atoms with Crippen molar-refractivity contribution in [3.8, 4) is 0 Å². The molecule has 2 atom stereocenters. The van der Waals surface area contributed by atoms with Crippen LogP contribution >= 0.6 is 0 Å². The summed E-state index contributed by atoms with van der Waals surface area (Å²) in [5.41, 5.74) is 0. The predicted molar refractivity (Wildman–Crippen MR) is 80.3 cm³/mol. The third-order valence-electron chi connectivity index (χ3n) is 4.66. The smallest absolute Gasteiger partial charge is 0.306 e. The number of aliphatic carboxylic acids is 1. The topological polar surface area (TPSA) is 37.3 Å². The molecule has 0 aromatic rings. The Morgan fingerprint density at radius 1 is 0.895 bits per heavy atom. The van der Waals surface area contributed by atoms with Gasteiger partial charge in [0.05, 0.1) is 5.92 Å². The maximum atomic E-state index is 10.9. The van der Waals surface area contributed by atoms with E-state index in [1.807, 2.05) is 0 Å². The van der Waals surface area contributed by atoms with Gasteiger partial charge < -0.3 is 5.11 Å². The first kappa shape index (κ1) is 16.5. The largest absolute Gasteiger partial charge is 0.481 e. The lowest BCUT2D eigenvalue weighted by Gasteiger charge is -2.33. The molecule has 0 aromatic heterocycles. The second-order valence-corrected chi connectivity index (χ2v) is 6.25. The van der Waals surface area contributed by atoms with Crippen LogP contribution in [0.3, 0.4) is 0 Å². The molecule has 0 heterocycles. The summed E-state index contributed by atoms with van der Waals surface area (Å²) < 4.78 is 0. The van der Waals surface area contributed by atoms with Gasteiger partial charge in [0.15, 0.2) is 0 Å². The minimum Gasteiger partial charge on any atom is -0.481 e. The van der Waals surface area contributed by atoms with Gasteiger partial charge in [-0.05, 0) is 25.2 Å². The number of hydrogen-bond donors (Lipinski definition) is 1. The Balaban J connectivity index is 1.80. The maximum Gasteiger partial charge on any atom is 0.306 e. The molecule has 0 spiro atoms. The van der Waals surface area contributed by atoms with Crippen LogP contribution in [0.1, 0.15) is 90.4 Å². The van der Waals surface area contributed by atoms with E-state index in [9.17, 15) is 4.79 Å². The SMILES string of the molecule is CCCCCCCCCCCCC1CCC1C(=O)O. The first-order valence-corrected chi connectivity index (χ1v) is 8.48. The summed E-state index contributed by atoms with van der Waals surface area (Å²) in [6.07, 6.45) is 16.8. The summed E-state index contributed by atoms with van der Waals surface area (Å²) in [6, 6.07) is 0. The van der Waals surface area contributed by atoms with Crippen molar-refractivity contribution < 1.29 is 9.90 Å². The van der Waals surface area contributed by atoms with E-state index >= 15 is 0 Å². The first-order valence-electron chi connectivity index (χ1n) is 8.48. The van der Waals surface area contributed by atoms with Gasteiger partial charge in [-0.1, -0.05) is 71.1 Å². The molecule has 0 amide bonds. The Morgan fingerprint density at radius 2 is 1.42 bits per heavy atom. The van der Waals surface area contributed by atoms with Gasteiger partial charge in [0, 0.05) is 0 Å². The van der Waals surface area contributed by atoms with Gasteiger partial charge in [0.2, 0.25) is 0 Å². The zero-order valence-electron chi connectivity index (χ0n) is 12.7. The Morgan fingerprint density at radius 3 is 1.84 bits per heavy atom. The lowest BCUT2D eigenvalue weighted by Crippen LogP contribution is -2.32. The quantitative estimate of drug-likeness (QED) is 0.481. The number of unbranched alkanes of at least 4 members (excludes halogenated alkanes) is 9. The molecular formula is C17H32O2. The van der Waals surface area contributed by atoms with Crippen molar-refractivity contribution in [1.29, 1.82) is 0 Å². The third-order valence-corrected chi connectivity index (χ3v) is 4.66. The lowest BCUT2D eigenvalue weighted by molar-refractivity contribution is -0.147. The number of carboxylic acids is 1. The monoisotopic (exact) mass is 268 g/mol. The Bertz CT molecular complexity index is 237. The van der Waals surface area contributed by atoms with Crippen LogP contribution in [0.15, 0.2) is 0 Å². The highest BCUT2D eigenvalue weighted by atomic mass is 16.4. The highest BCUT2D eigenvalue weighted by Crippen LogP contribution is 2.38. The molecule has 0 aliphatic heterocycles. The van der Waals surface area contributed by atoms with E-state index in [-0.39, 0.29) is 5.92 Å². The minimum absolute atomic E-state index is 0.0152. The molecule has 1 fully saturated rings. The van der Waals surface area contributed by atoms with Crippen molar-refractivity contribution in [3.63, 3.8) is 0 Å². The van der Waals surface area contributed by atoms with E-state index in [0.29, 0.717) is 5.92 Å². The van der Waals surface area contributed by atoms with Gasteiger partial charge in [0.1, 0.15) is 0 Å². The van der Waals surface area contributed by atoms with Crippen molar-refractivity contribution in [3.05, 3.63) is 0 Å². The standard InChI is InChI=1S/C17H32O2/c1-2-3-4-5-6-7-8-9-10-11-12-15-13-14-16(15)17(18)19/h15-16H,2-14H2,1H3,(H,18,19). The average Bonchev–Trinajstić information content (AvgIpc) is 2.33. The Hall–Kier alpha value is -0.530. The minimum atomic E-state index is -0.566. The van der Waals surface area contributed by atoms with Crippen molar-refractivity contribution in [2.75, 3.05) is 0 Å². The Labute approximate surface area is 119 Å². The zero-order chi connectivity index (χ0) is 13.9. The molecule has 112 valence electrons. The summed E-state index contributed by atoms with van der Waals surface area (Å²) >= 11 is 0. The van der Waals surface area contributed by atoms with Gasteiger partial charge in [-0.2, -0.15) is 0 Å². The van der Waals surface area contributed by atoms with Gasteiger partial charge in [-0.3, -0.25) is 4.79 Å². The molecule has 1 N–H and O–H groups in total. The zero-order valence-corrected chi connectivity index (χ0v) is 12.7. The molecule has 0 radical (unpaired) electrons. The van der Waals surface area contributed by atoms with Crippen LogP contribution in [0.25, 0.3) is 0 Å². The van der Waals surface area contributed by atoms with Crippen LogP contribution in [0.5, 0.6) is 0 Å². The molecule has 19 heavy (non-hydrogen) atoms. The van der Waals surface area contributed by atoms with E-state index in [2.05, 4.69) is 6.92 Å². The van der Waals surface area contributed by atoms with E-state index in [1.54, 1.807) is 0 Å². The molecule has 1 rings (SSSR count). The van der Waals surface area contributed by atoms with Crippen LogP contribution in [0.2, 0.25) is 0 Å². The van der Waals surface area contributed by atoms with Crippen LogP contribution in [-0.4, -0.2) is 11.1 Å². The van der Waals surface area contributed by atoms with Crippen LogP contribution in [0, 0.1) is 11.8 Å². The van der Waals surface area contributed by atoms with Gasteiger partial charge >= 0.3 is 5.97 Å². The second kappa shape index (κ2) is 10.3. The molecule has 0 aromatic carbocycles. The highest BCUT2D eigenvalue weighted by Gasteiger charge is 2.35. The molecule has 2 nitrogen and oxygen atoms in total. The molecule has 0 saturated heterocycles. The summed E-state index contributed by atoms with van der Waals surface area (Å²) in [6.45, 7) is 2.26. The van der Waals surface area contributed by atoms with Gasteiger partial charge in [0.25, 0.3) is 0 Å². The predicted octanol–water partition coefficient (Wildman–Crippen LogP) is 5.41. The van der Waals surface area contributed by atoms with Crippen molar-refractivity contribution in [1.82, 2.24) is 0 Å². The molecular weight excluding hydrogens is 236 g/mol. The number of carbonyl (C=O) groups is 1. The van der Waals surface area contributed by atoms with E-state index in [1.165, 1.54) is 64.2 Å². The van der Waals surface area contributed by atoms with Crippen molar-refractivity contribution in [2.45, 2.75) is 90.4 Å². The number of rotatable bonds is 12. The summed E-state index contributed by atoms with van der Waals surface area (Å²) in [5.74, 6) is -0.0894. The summed E-state index contributed by atoms with van der Waals surface area (Å²) in [7, 11) is 0. The van der Waals surface area contributed by atoms with Gasteiger partial charge in [-0.25, -0.2) is 0 Å². The third kappa shape index (κ3) is 6.98. The van der Waals surface area contributed by atoms with E-state index in [4.69, 9.17) is 5.11 Å². The normalized spacial score (nSPS) is 22.2. The summed E-state index contributed by atoms with van der Waals surface area (Å²) in [5, 5.41) is 8.97. The van der Waals surface area contributed by atoms with Gasteiger partial charge in [-0.15, -0.1) is 0 Å². The molecule has 0 bridgehead atoms. The number of carboxylic acid groups (broad SMARTS) is 1. The molecule has 1 aliphatic rings. The second-order valence-electron chi connectivity index (χ2n) is 6.25. The van der Waals surface area contributed by atoms with Crippen molar-refractivity contribution in [2.24, 2.45) is 11.8 Å². The summed E-state index contributed by atoms with van der Waals surface area (Å²) in [4.78, 5) is 10.9. The van der Waals surface area contributed by atoms with E-state index in [0.717, 1.165) is 19.3 Å². The molecule has 1 saturated carbocycles. The molecule has 1 aliphatic carbocycles. The molecule has 2 unspecified atom stereocenters. The Kier molecular flexibility index (Phi) is 8.94. The fraction of sp³-hybridized carbons (Fsp3) is 0.941. The van der Waals surface area contributed by atoms with Crippen LogP contribution in [-0.2, 0) is 4.79 Å². The van der Waals surface area contributed by atoms with E-state index < -0.39 is 5.97 Å². The maximum absolute atomic E-state index is 10.9. The fourth-order valence-electron chi connectivity index (χ4n) is 3.13. The first-order chi connectivity index (χ1) is 9.25. The van der Waals surface area contributed by atoms with Crippen LogP contribution in [0.4, 0.5) is 0 Å². The fourth-order valence-corrected chi connectivity index (χ4v) is 3.13. The average molecular weight is 268 g/mol. The number of hydrogen-bond acceptors (Lipinski definition) is 1. The van der Waals surface area contributed by atoms with Crippen LogP contribution < -0.4 is 0 Å².